The Morgan fingerprint density at radius 3 is 2.88 bits per heavy atom. The topological polar surface area (TPSA) is 94.5 Å². The molecule has 2 N–H and O–H groups in total. The first kappa shape index (κ1) is 18.5. The molecule has 0 aliphatic carbocycles. The largest absolute Gasteiger partial charge is 0.490 e. The van der Waals surface area contributed by atoms with Crippen LogP contribution in [0.3, 0.4) is 0 Å². The van der Waals surface area contributed by atoms with Crippen LogP contribution in [0.1, 0.15) is 17.3 Å². The minimum Gasteiger partial charge on any atom is -0.490 e. The fraction of sp³-hybridized carbons (Fsp3) is 0.353. The first-order valence-corrected chi connectivity index (χ1v) is 7.90. The van der Waals surface area contributed by atoms with Gasteiger partial charge in [0.05, 0.1) is 19.4 Å². The number of methoxy groups -OCH3 is 1. The summed E-state index contributed by atoms with van der Waals surface area (Å²) in [5.74, 6) is 0.147. The van der Waals surface area contributed by atoms with Crippen LogP contribution in [0.4, 0.5) is 11.4 Å². The van der Waals surface area contributed by atoms with Crippen LogP contribution in [0.25, 0.3) is 0 Å². The molecule has 25 heavy (non-hydrogen) atoms. The number of carbonyl (C=O) groups excluding carboxylic acids is 1. The lowest BCUT2D eigenvalue weighted by molar-refractivity contribution is 0.0937. The van der Waals surface area contributed by atoms with Crippen molar-refractivity contribution < 1.29 is 14.3 Å². The second kappa shape index (κ2) is 8.84. The van der Waals surface area contributed by atoms with E-state index < -0.39 is 0 Å². The molecule has 0 atom stereocenters. The van der Waals surface area contributed by atoms with Crippen molar-refractivity contribution in [3.05, 3.63) is 46.4 Å². The number of carbonyl (C=O) groups is 1. The molecule has 0 spiro atoms. The number of amides is 1. The SMILES string of the molecule is CCOc1cnn(C)c(=O)c1Nc1cccc(C(=O)NCCOC)c1. The van der Waals surface area contributed by atoms with Crippen LogP contribution >= 0.6 is 0 Å². The summed E-state index contributed by atoms with van der Waals surface area (Å²) in [6.45, 7) is 3.10. The van der Waals surface area contributed by atoms with Crippen molar-refractivity contribution >= 4 is 17.3 Å². The van der Waals surface area contributed by atoms with E-state index in [2.05, 4.69) is 15.7 Å². The summed E-state index contributed by atoms with van der Waals surface area (Å²) in [6, 6.07) is 6.86. The minimum atomic E-state index is -0.319. The molecular formula is C17H22N4O4. The number of aromatic nitrogens is 2. The third-order valence-corrected chi connectivity index (χ3v) is 3.39. The second-order valence-electron chi connectivity index (χ2n) is 5.20. The molecule has 0 aliphatic rings. The quantitative estimate of drug-likeness (QED) is 0.700. The van der Waals surface area contributed by atoms with Crippen LogP contribution in [0.5, 0.6) is 5.75 Å². The number of rotatable bonds is 8. The highest BCUT2D eigenvalue weighted by Crippen LogP contribution is 2.23. The zero-order valence-corrected chi connectivity index (χ0v) is 14.5. The van der Waals surface area contributed by atoms with E-state index in [1.54, 1.807) is 38.4 Å². The number of nitrogens with one attached hydrogen (secondary N) is 2. The predicted molar refractivity (Wildman–Crippen MR) is 94.6 cm³/mol. The Morgan fingerprint density at radius 1 is 1.36 bits per heavy atom. The third kappa shape index (κ3) is 4.80. The van der Waals surface area contributed by atoms with Crippen molar-refractivity contribution in [2.45, 2.75) is 6.92 Å². The molecule has 1 amide bonds. The number of hydrogen-bond donors (Lipinski definition) is 2. The lowest BCUT2D eigenvalue weighted by Crippen LogP contribution is -2.27. The lowest BCUT2D eigenvalue weighted by atomic mass is 10.2. The normalized spacial score (nSPS) is 10.4. The lowest BCUT2D eigenvalue weighted by Gasteiger charge is -2.13. The molecule has 0 fully saturated rings. The van der Waals surface area contributed by atoms with Crippen LogP contribution in [-0.2, 0) is 11.8 Å². The van der Waals surface area contributed by atoms with Crippen LogP contribution in [-0.4, -0.2) is 42.6 Å². The van der Waals surface area contributed by atoms with Gasteiger partial charge in [0.1, 0.15) is 0 Å². The van der Waals surface area contributed by atoms with Gasteiger partial charge in [-0.1, -0.05) is 6.07 Å². The Labute approximate surface area is 145 Å². The fourth-order valence-corrected chi connectivity index (χ4v) is 2.15. The van der Waals surface area contributed by atoms with Crippen molar-refractivity contribution in [1.82, 2.24) is 15.1 Å². The van der Waals surface area contributed by atoms with Gasteiger partial charge in [0.2, 0.25) is 0 Å². The molecule has 8 heteroatoms. The Balaban J connectivity index is 2.24. The van der Waals surface area contributed by atoms with E-state index in [1.807, 2.05) is 6.92 Å². The van der Waals surface area contributed by atoms with Gasteiger partial charge in [-0.2, -0.15) is 5.10 Å². The summed E-state index contributed by atoms with van der Waals surface area (Å²) >= 11 is 0. The molecule has 2 rings (SSSR count). The predicted octanol–water partition coefficient (Wildman–Crippen LogP) is 1.30. The highest BCUT2D eigenvalue weighted by molar-refractivity contribution is 5.95. The van der Waals surface area contributed by atoms with E-state index in [4.69, 9.17) is 9.47 Å². The van der Waals surface area contributed by atoms with Crippen molar-refractivity contribution in [3.63, 3.8) is 0 Å². The number of ether oxygens (including phenoxy) is 2. The fourth-order valence-electron chi connectivity index (χ4n) is 2.15. The summed E-state index contributed by atoms with van der Waals surface area (Å²) in [7, 11) is 3.13. The highest BCUT2D eigenvalue weighted by Gasteiger charge is 2.12. The van der Waals surface area contributed by atoms with Gasteiger partial charge < -0.3 is 20.1 Å². The van der Waals surface area contributed by atoms with Crippen LogP contribution in [0.15, 0.2) is 35.3 Å². The molecule has 2 aromatic rings. The number of nitrogens with zero attached hydrogens (tertiary/aromatic N) is 2. The molecule has 0 unspecified atom stereocenters. The van der Waals surface area contributed by atoms with E-state index in [1.165, 1.54) is 10.9 Å². The molecule has 0 radical (unpaired) electrons. The van der Waals surface area contributed by atoms with Gasteiger partial charge in [-0.3, -0.25) is 9.59 Å². The summed E-state index contributed by atoms with van der Waals surface area (Å²) in [4.78, 5) is 24.4. The molecule has 1 aromatic heterocycles. The first-order valence-electron chi connectivity index (χ1n) is 7.90. The Bertz CT molecular complexity index is 788. The van der Waals surface area contributed by atoms with Crippen LogP contribution in [0.2, 0.25) is 0 Å². The Hall–Kier alpha value is -2.87. The van der Waals surface area contributed by atoms with Gasteiger partial charge in [0.25, 0.3) is 11.5 Å². The number of benzene rings is 1. The summed E-state index contributed by atoms with van der Waals surface area (Å²) in [6.07, 6.45) is 1.48. The van der Waals surface area contributed by atoms with E-state index >= 15 is 0 Å². The van der Waals surface area contributed by atoms with Gasteiger partial charge in [0, 0.05) is 32.0 Å². The number of hydrogen-bond acceptors (Lipinski definition) is 6. The van der Waals surface area contributed by atoms with E-state index in [0.717, 1.165) is 0 Å². The monoisotopic (exact) mass is 346 g/mol. The smallest absolute Gasteiger partial charge is 0.294 e. The van der Waals surface area contributed by atoms with Crippen molar-refractivity contribution in [1.29, 1.82) is 0 Å². The number of anilines is 2. The van der Waals surface area contributed by atoms with E-state index in [9.17, 15) is 9.59 Å². The zero-order valence-electron chi connectivity index (χ0n) is 14.5. The van der Waals surface area contributed by atoms with Gasteiger partial charge >= 0.3 is 0 Å². The number of aryl methyl sites for hydroxylation is 1. The van der Waals surface area contributed by atoms with Crippen LogP contribution in [0, 0.1) is 0 Å². The molecule has 0 bridgehead atoms. The average Bonchev–Trinajstić information content (AvgIpc) is 2.62. The van der Waals surface area contributed by atoms with Gasteiger partial charge in [-0.15, -0.1) is 0 Å². The van der Waals surface area contributed by atoms with Crippen LogP contribution < -0.4 is 20.9 Å². The maximum Gasteiger partial charge on any atom is 0.294 e. The van der Waals surface area contributed by atoms with Gasteiger partial charge in [-0.25, -0.2) is 4.68 Å². The molecule has 0 aliphatic heterocycles. The third-order valence-electron chi connectivity index (χ3n) is 3.39. The Kier molecular flexibility index (Phi) is 6.53. The van der Waals surface area contributed by atoms with E-state index in [-0.39, 0.29) is 17.2 Å². The molecule has 134 valence electrons. The van der Waals surface area contributed by atoms with Gasteiger partial charge in [-0.05, 0) is 25.1 Å². The molecule has 0 saturated heterocycles. The second-order valence-corrected chi connectivity index (χ2v) is 5.20. The maximum absolute atomic E-state index is 12.3. The van der Waals surface area contributed by atoms with Gasteiger partial charge in [0.15, 0.2) is 11.4 Å². The van der Waals surface area contributed by atoms with Crippen molar-refractivity contribution in [2.24, 2.45) is 7.05 Å². The molecule has 1 heterocycles. The van der Waals surface area contributed by atoms with E-state index in [0.29, 0.717) is 36.8 Å². The molecular weight excluding hydrogens is 324 g/mol. The molecule has 1 aromatic carbocycles. The minimum absolute atomic E-state index is 0.214. The summed E-state index contributed by atoms with van der Waals surface area (Å²) in [5, 5.41) is 9.73. The zero-order chi connectivity index (χ0) is 18.2. The van der Waals surface area contributed by atoms with Crippen molar-refractivity contribution in [2.75, 3.05) is 32.2 Å². The highest BCUT2D eigenvalue weighted by atomic mass is 16.5. The average molecular weight is 346 g/mol. The summed E-state index contributed by atoms with van der Waals surface area (Å²) in [5.41, 5.74) is 1.03. The Morgan fingerprint density at radius 2 is 2.16 bits per heavy atom. The molecule has 0 saturated carbocycles. The summed E-state index contributed by atoms with van der Waals surface area (Å²) < 4.78 is 11.6. The van der Waals surface area contributed by atoms with Crippen molar-refractivity contribution in [3.8, 4) is 5.75 Å². The molecule has 8 nitrogen and oxygen atoms in total. The maximum atomic E-state index is 12.3. The first-order chi connectivity index (χ1) is 12.1. The standard InChI is InChI=1S/C17H22N4O4/c1-4-25-14-11-19-21(2)17(23)15(14)20-13-7-5-6-12(10-13)16(22)18-8-9-24-3/h5-7,10-11,20H,4,8-9H2,1-3H3,(H,18,22).